The second kappa shape index (κ2) is 49.6. The summed E-state index contributed by atoms with van der Waals surface area (Å²) < 4.78 is 5.73. The molecule has 5 nitrogen and oxygen atoms in total. The molecule has 0 saturated heterocycles. The van der Waals surface area contributed by atoms with Crippen molar-refractivity contribution in [3.05, 3.63) is 0 Å². The van der Waals surface area contributed by atoms with Crippen LogP contribution in [0.2, 0.25) is 0 Å². The van der Waals surface area contributed by atoms with E-state index in [0.29, 0.717) is 26.1 Å². The van der Waals surface area contributed by atoms with Gasteiger partial charge in [0.25, 0.3) is 0 Å². The molecule has 0 aromatic rings. The monoisotopic (exact) mass is 839 g/mol. The third kappa shape index (κ3) is 51.2. The zero-order chi connectivity index (χ0) is 44.6. The second-order valence-electron chi connectivity index (χ2n) is 19.2. The van der Waals surface area contributed by atoms with Gasteiger partial charge >= 0.3 is 11.9 Å². The number of unbranched alkanes of at least 4 members (excludes halogenated alkanes) is 28. The highest BCUT2D eigenvalue weighted by molar-refractivity contribution is 5.69. The molecular formula is C54H110O5. The van der Waals surface area contributed by atoms with Crippen LogP contribution < -0.4 is 0 Å². The molecule has 0 bridgehead atoms. The molecule has 2 atom stereocenters. The Morgan fingerprint density at radius 3 is 0.915 bits per heavy atom. The van der Waals surface area contributed by atoms with Gasteiger partial charge in [0, 0.05) is 24.9 Å². The number of hydrogen-bond donors (Lipinski definition) is 2. The van der Waals surface area contributed by atoms with Gasteiger partial charge in [-0.25, -0.2) is 0 Å². The summed E-state index contributed by atoms with van der Waals surface area (Å²) >= 11 is 0. The Morgan fingerprint density at radius 1 is 0.373 bits per heavy atom. The maximum absolute atomic E-state index is 12.1. The summed E-state index contributed by atoms with van der Waals surface area (Å²) in [6, 6.07) is 0. The molecule has 356 valence electrons. The average molecular weight is 839 g/mol. The van der Waals surface area contributed by atoms with Crippen LogP contribution in [0.25, 0.3) is 0 Å². The van der Waals surface area contributed by atoms with Crippen LogP contribution in [-0.4, -0.2) is 35.4 Å². The predicted molar refractivity (Wildman–Crippen MR) is 261 cm³/mol. The van der Waals surface area contributed by atoms with Crippen molar-refractivity contribution in [3.63, 3.8) is 0 Å². The first-order chi connectivity index (χ1) is 28.5. The van der Waals surface area contributed by atoms with Crippen LogP contribution in [0.15, 0.2) is 0 Å². The van der Waals surface area contributed by atoms with E-state index in [1.165, 1.54) is 205 Å². The van der Waals surface area contributed by atoms with E-state index in [2.05, 4.69) is 55.4 Å². The summed E-state index contributed by atoms with van der Waals surface area (Å²) in [4.78, 5) is 22.0. The number of esters is 1. The minimum Gasteiger partial charge on any atom is -0.481 e. The molecule has 0 aliphatic carbocycles. The second-order valence-corrected chi connectivity index (χ2v) is 19.2. The van der Waals surface area contributed by atoms with E-state index in [1.54, 1.807) is 0 Å². The number of hydrogen-bond acceptors (Lipinski definition) is 4. The number of carbonyl (C=O) groups excluding carboxylic acids is 1. The molecule has 59 heavy (non-hydrogen) atoms. The smallest absolute Gasteiger partial charge is 0.305 e. The Hall–Kier alpha value is -1.10. The van der Waals surface area contributed by atoms with Crippen molar-refractivity contribution in [1.82, 2.24) is 0 Å². The fraction of sp³-hybridized carbons (Fsp3) is 0.963. The van der Waals surface area contributed by atoms with Crippen LogP contribution >= 0.6 is 0 Å². The molecule has 0 saturated carbocycles. The lowest BCUT2D eigenvalue weighted by atomic mass is 9.80. The minimum atomic E-state index is -0.682. The fourth-order valence-electron chi connectivity index (χ4n) is 7.96. The minimum absolute atomic E-state index is 0.0172. The van der Waals surface area contributed by atoms with Gasteiger partial charge in [-0.1, -0.05) is 261 Å². The lowest BCUT2D eigenvalue weighted by Crippen LogP contribution is -2.25. The number of carboxylic acids is 1. The highest BCUT2D eigenvalue weighted by Gasteiger charge is 2.26. The molecule has 0 heterocycles. The highest BCUT2D eigenvalue weighted by atomic mass is 16.5. The van der Waals surface area contributed by atoms with Crippen molar-refractivity contribution in [1.29, 1.82) is 0 Å². The fourth-order valence-corrected chi connectivity index (χ4v) is 7.96. The van der Waals surface area contributed by atoms with Crippen LogP contribution in [-0.2, 0) is 14.3 Å². The van der Waals surface area contributed by atoms with Crippen LogP contribution in [0.3, 0.4) is 0 Å². The van der Waals surface area contributed by atoms with Crippen LogP contribution in [0, 0.1) is 10.8 Å². The SMILES string of the molecule is CCCCCC(=O)O.CCCCCCCCCCC(C)(CCCCCCCC)COC(=O)CCCCC.CCCCCCCCCCC(C)(CO)CCCCCCCC. The van der Waals surface area contributed by atoms with E-state index in [0.717, 1.165) is 38.5 Å². The summed E-state index contributed by atoms with van der Waals surface area (Å²) in [5.41, 5.74) is 0.361. The van der Waals surface area contributed by atoms with Crippen LogP contribution in [0.1, 0.15) is 312 Å². The first kappa shape index (κ1) is 62.2. The maximum Gasteiger partial charge on any atom is 0.305 e. The average Bonchev–Trinajstić information content (AvgIpc) is 3.22. The maximum atomic E-state index is 12.1. The predicted octanol–water partition coefficient (Wildman–Crippen LogP) is 18.3. The van der Waals surface area contributed by atoms with Gasteiger partial charge in [0.1, 0.15) is 0 Å². The normalized spacial score (nSPS) is 13.1. The summed E-state index contributed by atoms with van der Waals surface area (Å²) in [5, 5.41) is 17.9. The number of aliphatic hydroxyl groups is 1. The van der Waals surface area contributed by atoms with Gasteiger partial charge in [-0.3, -0.25) is 9.59 Å². The zero-order valence-corrected chi connectivity index (χ0v) is 41.8. The molecular weight excluding hydrogens is 729 g/mol. The molecule has 0 rings (SSSR count). The molecule has 0 aromatic carbocycles. The number of aliphatic carboxylic acids is 1. The molecule has 0 aliphatic rings. The summed E-state index contributed by atoms with van der Waals surface area (Å²) in [5.74, 6) is -0.665. The molecule has 0 aromatic heterocycles. The Balaban J connectivity index is -0.000000917. The Kier molecular flexibility index (Phi) is 52.2. The van der Waals surface area contributed by atoms with E-state index < -0.39 is 5.97 Å². The Labute approximate surface area is 371 Å². The number of rotatable bonds is 43. The van der Waals surface area contributed by atoms with Gasteiger partial charge in [0.2, 0.25) is 0 Å². The number of aliphatic hydroxyl groups excluding tert-OH is 1. The zero-order valence-electron chi connectivity index (χ0n) is 41.8. The van der Waals surface area contributed by atoms with Gasteiger partial charge in [0.05, 0.1) is 6.61 Å². The van der Waals surface area contributed by atoms with E-state index in [9.17, 15) is 14.7 Å². The van der Waals surface area contributed by atoms with Crippen molar-refractivity contribution in [3.8, 4) is 0 Å². The van der Waals surface area contributed by atoms with Crippen molar-refractivity contribution in [2.75, 3.05) is 13.2 Å². The third-order valence-electron chi connectivity index (χ3n) is 12.5. The molecule has 0 fully saturated rings. The van der Waals surface area contributed by atoms with E-state index in [-0.39, 0.29) is 16.8 Å². The first-order valence-corrected chi connectivity index (χ1v) is 26.5. The molecule has 2 unspecified atom stereocenters. The van der Waals surface area contributed by atoms with Crippen LogP contribution in [0.5, 0.6) is 0 Å². The third-order valence-corrected chi connectivity index (χ3v) is 12.5. The quantitative estimate of drug-likeness (QED) is 0.0472. The summed E-state index contributed by atoms with van der Waals surface area (Å²) in [7, 11) is 0. The highest BCUT2D eigenvalue weighted by Crippen LogP contribution is 2.33. The van der Waals surface area contributed by atoms with Crippen molar-refractivity contribution < 1.29 is 24.5 Å². The lowest BCUT2D eigenvalue weighted by Gasteiger charge is -2.29. The van der Waals surface area contributed by atoms with Gasteiger partial charge in [-0.15, -0.1) is 0 Å². The lowest BCUT2D eigenvalue weighted by molar-refractivity contribution is -0.147. The molecule has 2 N–H and O–H groups in total. The first-order valence-electron chi connectivity index (χ1n) is 26.5. The van der Waals surface area contributed by atoms with Crippen molar-refractivity contribution in [2.24, 2.45) is 10.8 Å². The topological polar surface area (TPSA) is 83.8 Å². The Bertz CT molecular complexity index is 830. The number of carboxylic acid groups (broad SMARTS) is 1. The van der Waals surface area contributed by atoms with Crippen LogP contribution in [0.4, 0.5) is 0 Å². The molecule has 0 amide bonds. The molecule has 5 heteroatoms. The van der Waals surface area contributed by atoms with Gasteiger partial charge in [0.15, 0.2) is 0 Å². The Morgan fingerprint density at radius 2 is 0.627 bits per heavy atom. The van der Waals surface area contributed by atoms with E-state index in [1.807, 2.05) is 0 Å². The number of ether oxygens (including phenoxy) is 1. The number of carbonyl (C=O) groups is 2. The molecule has 0 aliphatic heterocycles. The van der Waals surface area contributed by atoms with Gasteiger partial charge in [-0.05, 0) is 43.9 Å². The van der Waals surface area contributed by atoms with Gasteiger partial charge < -0.3 is 14.9 Å². The standard InChI is InChI=1S/C27H54O2.C21H44O.C6H12O2/c1-5-8-11-13-15-16-18-21-24-27(4,23-20-17-14-12-9-6-2)25-29-26(28)22-19-10-7-3;1-4-6-8-10-12-13-15-17-19-21(3,20-22)18-16-14-11-9-7-5-2;1-2-3-4-5-6(7)8/h5-25H2,1-4H3;22H,4-20H2,1-3H3;2-5H2,1H3,(H,7,8). The molecule has 0 radical (unpaired) electrons. The van der Waals surface area contributed by atoms with E-state index >= 15 is 0 Å². The molecule has 0 spiro atoms. The van der Waals surface area contributed by atoms with E-state index in [4.69, 9.17) is 9.84 Å². The van der Waals surface area contributed by atoms with Gasteiger partial charge in [-0.2, -0.15) is 0 Å². The van der Waals surface area contributed by atoms with Crippen molar-refractivity contribution >= 4 is 11.9 Å². The largest absolute Gasteiger partial charge is 0.481 e. The van der Waals surface area contributed by atoms with Crippen molar-refractivity contribution in [2.45, 2.75) is 312 Å². The summed E-state index contributed by atoms with van der Waals surface area (Å²) in [6.45, 7) is 19.0. The summed E-state index contributed by atoms with van der Waals surface area (Å²) in [6.07, 6.45) is 50.1.